The Kier molecular flexibility index (Phi) is 3.21. The molecule has 0 saturated heterocycles. The second kappa shape index (κ2) is 4.72. The zero-order valence-electron chi connectivity index (χ0n) is 10.4. The molecule has 1 fully saturated rings. The quantitative estimate of drug-likeness (QED) is 0.913. The molecule has 2 aromatic rings. The molecule has 18 heavy (non-hydrogen) atoms. The minimum absolute atomic E-state index is 0.194. The number of nitrogens with zero attached hydrogens (tertiary/aromatic N) is 2. The van der Waals surface area contributed by atoms with E-state index in [0.29, 0.717) is 0 Å². The highest BCUT2D eigenvalue weighted by atomic mass is 32.1. The first kappa shape index (κ1) is 12.3. The average molecular weight is 279 g/mol. The van der Waals surface area contributed by atoms with Crippen molar-refractivity contribution in [3.8, 4) is 10.6 Å². The van der Waals surface area contributed by atoms with Crippen LogP contribution in [0.4, 0.5) is 0 Å². The van der Waals surface area contributed by atoms with E-state index in [1.807, 2.05) is 11.7 Å². The fourth-order valence-electron chi connectivity index (χ4n) is 2.45. The van der Waals surface area contributed by atoms with Gasteiger partial charge < -0.3 is 5.73 Å². The summed E-state index contributed by atoms with van der Waals surface area (Å²) in [6, 6.07) is 0. The van der Waals surface area contributed by atoms with Gasteiger partial charge in [0.2, 0.25) is 0 Å². The van der Waals surface area contributed by atoms with Crippen molar-refractivity contribution in [2.75, 3.05) is 0 Å². The molecule has 0 spiro atoms. The normalized spacial score (nSPS) is 28.4. The van der Waals surface area contributed by atoms with Gasteiger partial charge in [0, 0.05) is 11.6 Å². The number of aromatic nitrogens is 2. The Morgan fingerprint density at radius 2 is 2.11 bits per heavy atom. The van der Waals surface area contributed by atoms with Gasteiger partial charge in [-0.3, -0.25) is 4.98 Å². The average Bonchev–Trinajstić information content (AvgIpc) is 3.01. The van der Waals surface area contributed by atoms with E-state index in [1.165, 1.54) is 12.8 Å². The Bertz CT molecular complexity index is 510. The second-order valence-electron chi connectivity index (χ2n) is 5.24. The molecule has 96 valence electrons. The molecule has 5 heteroatoms. The van der Waals surface area contributed by atoms with Crippen molar-refractivity contribution < 1.29 is 0 Å². The van der Waals surface area contributed by atoms with Crippen LogP contribution >= 0.6 is 22.7 Å². The minimum atomic E-state index is -0.194. The van der Waals surface area contributed by atoms with Gasteiger partial charge in [-0.1, -0.05) is 6.92 Å². The van der Waals surface area contributed by atoms with Crippen LogP contribution in [0, 0.1) is 5.92 Å². The molecule has 0 radical (unpaired) electrons. The van der Waals surface area contributed by atoms with Crippen molar-refractivity contribution in [3.63, 3.8) is 0 Å². The molecule has 2 N–H and O–H groups in total. The highest BCUT2D eigenvalue weighted by Gasteiger charge is 2.34. The van der Waals surface area contributed by atoms with Crippen LogP contribution in [-0.4, -0.2) is 9.97 Å². The summed E-state index contributed by atoms with van der Waals surface area (Å²) >= 11 is 3.32. The molecule has 2 aromatic heterocycles. The Morgan fingerprint density at radius 1 is 1.33 bits per heavy atom. The van der Waals surface area contributed by atoms with E-state index in [0.717, 1.165) is 34.3 Å². The van der Waals surface area contributed by atoms with Crippen LogP contribution in [0.1, 0.15) is 37.6 Å². The van der Waals surface area contributed by atoms with Crippen molar-refractivity contribution in [1.29, 1.82) is 0 Å². The predicted molar refractivity (Wildman–Crippen MR) is 76.7 cm³/mol. The highest BCUT2D eigenvalue weighted by Crippen LogP contribution is 2.39. The van der Waals surface area contributed by atoms with Crippen molar-refractivity contribution in [2.45, 2.75) is 38.1 Å². The third-order valence-electron chi connectivity index (χ3n) is 3.78. The van der Waals surface area contributed by atoms with Gasteiger partial charge >= 0.3 is 0 Å². The van der Waals surface area contributed by atoms with Gasteiger partial charge in [-0.25, -0.2) is 4.98 Å². The Hall–Kier alpha value is -0.780. The van der Waals surface area contributed by atoms with Crippen molar-refractivity contribution in [2.24, 2.45) is 11.7 Å². The maximum Gasteiger partial charge on any atom is 0.113 e. The Morgan fingerprint density at radius 3 is 2.78 bits per heavy atom. The molecule has 0 aromatic carbocycles. The second-order valence-corrected chi connectivity index (χ2v) is 6.99. The van der Waals surface area contributed by atoms with E-state index < -0.39 is 0 Å². The van der Waals surface area contributed by atoms with Gasteiger partial charge in [0.25, 0.3) is 0 Å². The number of hydrogen-bond acceptors (Lipinski definition) is 5. The molecule has 3 rings (SSSR count). The summed E-state index contributed by atoms with van der Waals surface area (Å²) in [5.74, 6) is 0.808. The topological polar surface area (TPSA) is 51.8 Å². The minimum Gasteiger partial charge on any atom is -0.319 e. The molecule has 0 amide bonds. The first-order chi connectivity index (χ1) is 8.67. The lowest BCUT2D eigenvalue weighted by Crippen LogP contribution is -2.40. The van der Waals surface area contributed by atoms with Gasteiger partial charge in [-0.05, 0) is 31.6 Å². The van der Waals surface area contributed by atoms with Crippen molar-refractivity contribution >= 4 is 22.7 Å². The molecule has 1 saturated carbocycles. The number of rotatable bonds is 2. The summed E-state index contributed by atoms with van der Waals surface area (Å²) < 4.78 is 0. The smallest absolute Gasteiger partial charge is 0.113 e. The summed E-state index contributed by atoms with van der Waals surface area (Å²) in [7, 11) is 0. The van der Waals surface area contributed by atoms with Crippen LogP contribution in [0.5, 0.6) is 0 Å². The zero-order valence-corrected chi connectivity index (χ0v) is 12.1. The predicted octanol–water partition coefficient (Wildman–Crippen LogP) is 3.63. The Balaban J connectivity index is 1.85. The number of hydrogen-bond donors (Lipinski definition) is 1. The third kappa shape index (κ3) is 2.22. The van der Waals surface area contributed by atoms with E-state index in [1.54, 1.807) is 22.7 Å². The molecule has 0 unspecified atom stereocenters. The van der Waals surface area contributed by atoms with Gasteiger partial charge in [0.15, 0.2) is 0 Å². The summed E-state index contributed by atoms with van der Waals surface area (Å²) in [4.78, 5) is 9.97. The van der Waals surface area contributed by atoms with E-state index in [4.69, 9.17) is 10.7 Å². The molecular weight excluding hydrogens is 262 g/mol. The van der Waals surface area contributed by atoms with Crippen LogP contribution in [0.3, 0.4) is 0 Å². The summed E-state index contributed by atoms with van der Waals surface area (Å²) in [6.07, 6.45) is 6.42. The maximum atomic E-state index is 6.55. The molecule has 3 nitrogen and oxygen atoms in total. The molecule has 0 aliphatic heterocycles. The maximum absolute atomic E-state index is 6.55. The summed E-state index contributed by atoms with van der Waals surface area (Å²) in [5, 5.41) is 3.20. The number of nitrogens with two attached hydrogens (primary N) is 1. The van der Waals surface area contributed by atoms with E-state index in [-0.39, 0.29) is 5.54 Å². The molecule has 1 aliphatic rings. The first-order valence-corrected chi connectivity index (χ1v) is 8.07. The largest absolute Gasteiger partial charge is 0.319 e. The first-order valence-electron chi connectivity index (χ1n) is 6.31. The lowest BCUT2D eigenvalue weighted by molar-refractivity contribution is 0.247. The SMILES string of the molecule is CC1CCC(N)(c2nc(-c3cncs3)cs2)CC1. The van der Waals surface area contributed by atoms with Crippen molar-refractivity contribution in [1.82, 2.24) is 9.97 Å². The third-order valence-corrected chi connectivity index (χ3v) is 5.64. The monoisotopic (exact) mass is 279 g/mol. The molecule has 1 aliphatic carbocycles. The Labute approximate surface area is 115 Å². The standard InChI is InChI=1S/C13H17N3S2/c1-9-2-4-13(14,5-3-9)12-16-10(7-17-12)11-6-15-8-18-11/h6-9H,2-5,14H2,1H3. The summed E-state index contributed by atoms with van der Waals surface area (Å²) in [6.45, 7) is 2.31. The van der Waals surface area contributed by atoms with Gasteiger partial charge in [-0.2, -0.15) is 0 Å². The van der Waals surface area contributed by atoms with E-state index in [2.05, 4.69) is 17.3 Å². The molecule has 0 atom stereocenters. The van der Waals surface area contributed by atoms with Crippen LogP contribution in [-0.2, 0) is 5.54 Å². The van der Waals surface area contributed by atoms with Crippen molar-refractivity contribution in [3.05, 3.63) is 22.1 Å². The molecular formula is C13H17N3S2. The highest BCUT2D eigenvalue weighted by molar-refractivity contribution is 7.14. The number of thiazole rings is 2. The fourth-order valence-corrected chi connectivity index (χ4v) is 4.10. The zero-order chi connectivity index (χ0) is 12.6. The van der Waals surface area contributed by atoms with E-state index in [9.17, 15) is 0 Å². The van der Waals surface area contributed by atoms with Crippen LogP contribution in [0.25, 0.3) is 10.6 Å². The van der Waals surface area contributed by atoms with Gasteiger partial charge in [-0.15, -0.1) is 22.7 Å². The van der Waals surface area contributed by atoms with Gasteiger partial charge in [0.1, 0.15) is 5.01 Å². The van der Waals surface area contributed by atoms with Gasteiger partial charge in [0.05, 0.1) is 21.6 Å². The van der Waals surface area contributed by atoms with Crippen LogP contribution in [0.15, 0.2) is 17.1 Å². The fraction of sp³-hybridized carbons (Fsp3) is 0.538. The van der Waals surface area contributed by atoms with E-state index >= 15 is 0 Å². The molecule has 2 heterocycles. The summed E-state index contributed by atoms with van der Waals surface area (Å²) in [5.41, 5.74) is 9.22. The lowest BCUT2D eigenvalue weighted by Gasteiger charge is -2.34. The van der Waals surface area contributed by atoms with Crippen LogP contribution in [0.2, 0.25) is 0 Å². The lowest BCUT2D eigenvalue weighted by atomic mass is 9.78. The molecule has 0 bridgehead atoms. The van der Waals surface area contributed by atoms with Crippen LogP contribution < -0.4 is 5.73 Å².